The van der Waals surface area contributed by atoms with Crippen LogP contribution in [0.4, 0.5) is 5.82 Å². The Hall–Kier alpha value is -4.07. The maximum atomic E-state index is 9.93. The number of pyridine rings is 2. The second-order valence-electron chi connectivity index (χ2n) is 7.76. The minimum absolute atomic E-state index is 0. The minimum Gasteiger partial charge on any atom is -0.506 e. The van der Waals surface area contributed by atoms with Gasteiger partial charge in [0.2, 0.25) is 5.52 Å². The van der Waals surface area contributed by atoms with Gasteiger partial charge < -0.3 is 15.1 Å². The van der Waals surface area contributed by atoms with Crippen LogP contribution in [0.5, 0.6) is 11.5 Å². The molecule has 0 saturated heterocycles. The van der Waals surface area contributed by atoms with Crippen molar-refractivity contribution in [2.45, 2.75) is 6.92 Å². The third kappa shape index (κ3) is 4.14. The SMILES string of the molecule is Cc1ccc2c(n1)c(O)cc1ccccc12.[C-]#[N+]c1ccc2c(n1)c(O)cc1ccccc12.[Zn]. The molecular weight excluding hydrogens is 476 g/mol. The van der Waals surface area contributed by atoms with Crippen LogP contribution in [-0.4, -0.2) is 20.2 Å². The van der Waals surface area contributed by atoms with Crippen LogP contribution in [0.3, 0.4) is 0 Å². The largest absolute Gasteiger partial charge is 0.506 e. The summed E-state index contributed by atoms with van der Waals surface area (Å²) in [6.07, 6.45) is 0. The molecule has 5 nitrogen and oxygen atoms in total. The molecule has 2 heterocycles. The number of rotatable bonds is 0. The van der Waals surface area contributed by atoms with Gasteiger partial charge in [-0.1, -0.05) is 67.2 Å². The number of fused-ring (bicyclic) bond motifs is 6. The summed E-state index contributed by atoms with van der Waals surface area (Å²) >= 11 is 0. The number of phenolic OH excluding ortho intramolecular Hbond substituents is 2. The van der Waals surface area contributed by atoms with Gasteiger partial charge in [0, 0.05) is 35.9 Å². The fraction of sp³-hybridized carbons (Fsp3) is 0.0357. The van der Waals surface area contributed by atoms with Crippen molar-refractivity contribution in [2.24, 2.45) is 0 Å². The first-order chi connectivity index (χ1) is 16.0. The van der Waals surface area contributed by atoms with Crippen LogP contribution in [0.2, 0.25) is 0 Å². The molecule has 2 aromatic heterocycles. The zero-order valence-electron chi connectivity index (χ0n) is 18.5. The molecule has 0 unspecified atom stereocenters. The molecule has 0 amide bonds. The van der Waals surface area contributed by atoms with E-state index in [1.54, 1.807) is 18.2 Å². The van der Waals surface area contributed by atoms with Gasteiger partial charge in [-0.05, 0) is 52.7 Å². The van der Waals surface area contributed by atoms with E-state index in [1.165, 1.54) is 0 Å². The summed E-state index contributed by atoms with van der Waals surface area (Å²) in [5.41, 5.74) is 2.08. The molecule has 0 aliphatic rings. The molecule has 0 spiro atoms. The van der Waals surface area contributed by atoms with E-state index in [1.807, 2.05) is 73.7 Å². The van der Waals surface area contributed by atoms with Crippen molar-refractivity contribution in [1.82, 2.24) is 9.97 Å². The minimum atomic E-state index is 0. The first kappa shape index (κ1) is 23.1. The average Bonchev–Trinajstić information content (AvgIpc) is 2.84. The van der Waals surface area contributed by atoms with Crippen LogP contribution < -0.4 is 0 Å². The predicted molar refractivity (Wildman–Crippen MR) is 133 cm³/mol. The number of aromatic hydroxyl groups is 2. The molecule has 0 fully saturated rings. The molecule has 4 aromatic carbocycles. The van der Waals surface area contributed by atoms with Crippen LogP contribution in [0.1, 0.15) is 5.69 Å². The van der Waals surface area contributed by atoms with E-state index in [-0.39, 0.29) is 31.0 Å². The number of hydrogen-bond donors (Lipinski definition) is 2. The van der Waals surface area contributed by atoms with Gasteiger partial charge in [-0.25, -0.2) is 4.98 Å². The predicted octanol–water partition coefficient (Wildman–Crippen LogP) is 7.04. The van der Waals surface area contributed by atoms with E-state index in [0.717, 1.165) is 38.0 Å². The van der Waals surface area contributed by atoms with Crippen molar-refractivity contribution in [3.63, 3.8) is 0 Å². The van der Waals surface area contributed by atoms with Crippen molar-refractivity contribution < 1.29 is 29.7 Å². The fourth-order valence-electron chi connectivity index (χ4n) is 4.06. The van der Waals surface area contributed by atoms with Gasteiger partial charge >= 0.3 is 0 Å². The molecule has 0 saturated carbocycles. The van der Waals surface area contributed by atoms with Crippen molar-refractivity contribution in [3.05, 3.63) is 102 Å². The molecule has 6 aromatic rings. The number of aryl methyl sites for hydroxylation is 1. The van der Waals surface area contributed by atoms with Gasteiger partial charge in [-0.3, -0.25) is 0 Å². The Morgan fingerprint density at radius 1 is 0.647 bits per heavy atom. The van der Waals surface area contributed by atoms with E-state index >= 15 is 0 Å². The van der Waals surface area contributed by atoms with Crippen molar-refractivity contribution in [2.75, 3.05) is 0 Å². The summed E-state index contributed by atoms with van der Waals surface area (Å²) < 4.78 is 0. The Bertz CT molecular complexity index is 1730. The molecule has 0 aliphatic heterocycles. The molecule has 0 bridgehead atoms. The van der Waals surface area contributed by atoms with Gasteiger partial charge in [-0.2, -0.15) is 0 Å². The number of benzene rings is 4. The molecular formula is C28H19N3O2Zn. The molecule has 2 N–H and O–H groups in total. The summed E-state index contributed by atoms with van der Waals surface area (Å²) in [6, 6.07) is 26.7. The van der Waals surface area contributed by atoms with Gasteiger partial charge in [0.25, 0.3) is 5.82 Å². The molecule has 34 heavy (non-hydrogen) atoms. The summed E-state index contributed by atoms with van der Waals surface area (Å²) in [6.45, 7) is 8.86. The van der Waals surface area contributed by atoms with Gasteiger partial charge in [-0.15, -0.1) is 4.98 Å². The quantitative estimate of drug-likeness (QED) is 0.135. The molecule has 0 radical (unpaired) electrons. The van der Waals surface area contributed by atoms with E-state index in [4.69, 9.17) is 6.57 Å². The molecule has 160 valence electrons. The Morgan fingerprint density at radius 2 is 1.15 bits per heavy atom. The van der Waals surface area contributed by atoms with Crippen molar-refractivity contribution >= 4 is 49.2 Å². The molecule has 6 rings (SSSR count). The van der Waals surface area contributed by atoms with Crippen LogP contribution in [0.25, 0.3) is 48.2 Å². The van der Waals surface area contributed by atoms with Crippen molar-refractivity contribution in [1.29, 1.82) is 0 Å². The van der Waals surface area contributed by atoms with E-state index in [2.05, 4.69) is 14.8 Å². The maximum absolute atomic E-state index is 9.93. The van der Waals surface area contributed by atoms with E-state index in [0.29, 0.717) is 16.9 Å². The standard InChI is InChI=1S/C14H8N2O.C14H11NO.Zn/c1-15-13-7-6-11-10-5-3-2-4-9(10)8-12(17)14(11)16-13;1-9-6-7-12-11-5-3-2-4-10(11)8-13(16)14(12)15-9;/h2-8,17H;2-8,16H,1H3;. The summed E-state index contributed by atoms with van der Waals surface area (Å²) in [5, 5.41) is 25.9. The number of aromatic nitrogens is 2. The summed E-state index contributed by atoms with van der Waals surface area (Å²) in [7, 11) is 0. The van der Waals surface area contributed by atoms with Gasteiger partial charge in [0.1, 0.15) is 11.3 Å². The van der Waals surface area contributed by atoms with Gasteiger partial charge in [0.05, 0.1) is 0 Å². The summed E-state index contributed by atoms with van der Waals surface area (Å²) in [4.78, 5) is 11.8. The van der Waals surface area contributed by atoms with Crippen LogP contribution in [-0.2, 0) is 19.5 Å². The van der Waals surface area contributed by atoms with Crippen LogP contribution in [0.15, 0.2) is 84.9 Å². The smallest absolute Gasteiger partial charge is 0.270 e. The first-order valence-corrected chi connectivity index (χ1v) is 10.4. The fourth-order valence-corrected chi connectivity index (χ4v) is 4.06. The Balaban J connectivity index is 0.000000157. The zero-order valence-corrected chi connectivity index (χ0v) is 21.5. The Kier molecular flexibility index (Phi) is 6.41. The first-order valence-electron chi connectivity index (χ1n) is 10.4. The summed E-state index contributed by atoms with van der Waals surface area (Å²) in [5.74, 6) is 0.657. The molecule has 6 heteroatoms. The van der Waals surface area contributed by atoms with E-state index in [9.17, 15) is 10.2 Å². The molecule has 0 atom stereocenters. The topological polar surface area (TPSA) is 70.6 Å². The number of nitrogens with zero attached hydrogens (tertiary/aromatic N) is 3. The Morgan fingerprint density at radius 3 is 1.71 bits per heavy atom. The van der Waals surface area contributed by atoms with Crippen LogP contribution in [0, 0.1) is 13.5 Å². The maximum Gasteiger partial charge on any atom is 0.270 e. The third-order valence-electron chi connectivity index (χ3n) is 5.60. The second kappa shape index (κ2) is 9.43. The zero-order chi connectivity index (χ0) is 22.9. The van der Waals surface area contributed by atoms with Gasteiger partial charge in [0.15, 0.2) is 5.75 Å². The molecule has 0 aliphatic carbocycles. The normalized spacial score (nSPS) is 10.5. The Labute approximate surface area is 208 Å². The third-order valence-corrected chi connectivity index (χ3v) is 5.60. The van der Waals surface area contributed by atoms with Crippen molar-refractivity contribution in [3.8, 4) is 11.5 Å². The number of hydrogen-bond acceptors (Lipinski definition) is 4. The van der Waals surface area contributed by atoms with Crippen LogP contribution >= 0.6 is 0 Å². The number of phenols is 2. The monoisotopic (exact) mass is 493 g/mol. The second-order valence-corrected chi connectivity index (χ2v) is 7.76. The average molecular weight is 495 g/mol. The van der Waals surface area contributed by atoms with E-state index < -0.39 is 0 Å².